The molecule has 0 radical (unpaired) electrons. The quantitative estimate of drug-likeness (QED) is 0.726. The Morgan fingerprint density at radius 3 is 2.24 bits per heavy atom. The molecule has 6 heteroatoms. The van der Waals surface area contributed by atoms with Crippen LogP contribution >= 0.6 is 0 Å². The van der Waals surface area contributed by atoms with Gasteiger partial charge in [0.05, 0.1) is 13.2 Å². The molecule has 0 N–H and O–H groups in total. The molecular formula is C19H18F2O4. The van der Waals surface area contributed by atoms with Crippen LogP contribution in [0.25, 0.3) is 0 Å². The standard InChI is InChI=1S/C19H18F2O4/c1-12(22)16-8-7-15(11-17(16)19(2,20)21)25-14-5-3-13(4-6-14)18-23-9-10-24-18/h3-8,11,18H,9-10H2,1-2H3. The summed E-state index contributed by atoms with van der Waals surface area (Å²) in [5, 5.41) is 0. The van der Waals surface area contributed by atoms with E-state index in [1.54, 1.807) is 24.3 Å². The fourth-order valence-corrected chi connectivity index (χ4v) is 2.64. The van der Waals surface area contributed by atoms with Gasteiger partial charge >= 0.3 is 0 Å². The van der Waals surface area contributed by atoms with Gasteiger partial charge in [0.25, 0.3) is 5.92 Å². The van der Waals surface area contributed by atoms with E-state index < -0.39 is 11.7 Å². The van der Waals surface area contributed by atoms with Crippen molar-refractivity contribution in [1.82, 2.24) is 0 Å². The lowest BCUT2D eigenvalue weighted by atomic mass is 9.99. The van der Waals surface area contributed by atoms with Gasteiger partial charge in [-0.15, -0.1) is 0 Å². The van der Waals surface area contributed by atoms with Gasteiger partial charge in [-0.05, 0) is 37.3 Å². The van der Waals surface area contributed by atoms with Crippen molar-refractivity contribution in [2.45, 2.75) is 26.1 Å². The molecule has 4 nitrogen and oxygen atoms in total. The Balaban J connectivity index is 1.81. The molecule has 0 unspecified atom stereocenters. The number of ether oxygens (including phenoxy) is 3. The number of Topliss-reactive ketones (excluding diaryl/α,β-unsaturated/α-hetero) is 1. The van der Waals surface area contributed by atoms with Crippen molar-refractivity contribution in [1.29, 1.82) is 0 Å². The largest absolute Gasteiger partial charge is 0.457 e. The zero-order chi connectivity index (χ0) is 18.0. The normalized spacial score (nSPS) is 15.4. The van der Waals surface area contributed by atoms with E-state index in [2.05, 4.69) is 0 Å². The molecule has 0 amide bonds. The van der Waals surface area contributed by atoms with Crippen LogP contribution in [-0.4, -0.2) is 19.0 Å². The molecule has 0 aromatic heterocycles. The number of carbonyl (C=O) groups excluding carboxylic acids is 1. The first-order valence-electron chi connectivity index (χ1n) is 7.89. The third-order valence-corrected chi connectivity index (χ3v) is 3.85. The van der Waals surface area contributed by atoms with E-state index in [0.29, 0.717) is 19.0 Å². The highest BCUT2D eigenvalue weighted by molar-refractivity contribution is 5.96. The van der Waals surface area contributed by atoms with Crippen molar-refractivity contribution >= 4 is 5.78 Å². The fourth-order valence-electron chi connectivity index (χ4n) is 2.64. The first kappa shape index (κ1) is 17.5. The zero-order valence-electron chi connectivity index (χ0n) is 13.9. The van der Waals surface area contributed by atoms with Crippen molar-refractivity contribution in [2.75, 3.05) is 13.2 Å². The van der Waals surface area contributed by atoms with E-state index in [-0.39, 0.29) is 23.2 Å². The SMILES string of the molecule is CC(=O)c1ccc(Oc2ccc(C3OCCO3)cc2)cc1C(C)(F)F. The van der Waals surface area contributed by atoms with Gasteiger partial charge < -0.3 is 14.2 Å². The molecule has 2 aromatic carbocycles. The lowest BCUT2D eigenvalue weighted by molar-refractivity contribution is -0.0441. The number of hydrogen-bond acceptors (Lipinski definition) is 4. The molecule has 132 valence electrons. The average Bonchev–Trinajstić information content (AvgIpc) is 3.09. The van der Waals surface area contributed by atoms with E-state index in [9.17, 15) is 13.6 Å². The smallest absolute Gasteiger partial charge is 0.271 e. The predicted octanol–water partition coefficient (Wildman–Crippen LogP) is 4.84. The van der Waals surface area contributed by atoms with Crippen LogP contribution in [0.1, 0.15) is 41.6 Å². The second-order valence-corrected chi connectivity index (χ2v) is 5.90. The molecule has 0 atom stereocenters. The minimum absolute atomic E-state index is 0.00858. The maximum Gasteiger partial charge on any atom is 0.271 e. The van der Waals surface area contributed by atoms with Gasteiger partial charge in [-0.3, -0.25) is 4.79 Å². The number of alkyl halides is 2. The summed E-state index contributed by atoms with van der Waals surface area (Å²) in [6.07, 6.45) is -0.380. The topological polar surface area (TPSA) is 44.8 Å². The highest BCUT2D eigenvalue weighted by Crippen LogP contribution is 2.34. The van der Waals surface area contributed by atoms with Gasteiger partial charge in [0.1, 0.15) is 11.5 Å². The molecule has 1 fully saturated rings. The van der Waals surface area contributed by atoms with Crippen LogP contribution in [0.15, 0.2) is 42.5 Å². The molecule has 0 aliphatic carbocycles. The van der Waals surface area contributed by atoms with Crippen LogP contribution in [0, 0.1) is 0 Å². The summed E-state index contributed by atoms with van der Waals surface area (Å²) in [6.45, 7) is 3.13. The Hall–Kier alpha value is -2.31. The summed E-state index contributed by atoms with van der Waals surface area (Å²) in [4.78, 5) is 11.5. The Bertz CT molecular complexity index is 760. The number of carbonyl (C=O) groups is 1. The zero-order valence-corrected chi connectivity index (χ0v) is 13.9. The van der Waals surface area contributed by atoms with Crippen LogP contribution in [0.4, 0.5) is 8.78 Å². The summed E-state index contributed by atoms with van der Waals surface area (Å²) in [5.74, 6) is -2.82. The number of benzene rings is 2. The molecule has 0 bridgehead atoms. The van der Waals surface area contributed by atoms with Crippen molar-refractivity contribution in [3.05, 3.63) is 59.2 Å². The number of rotatable bonds is 5. The Morgan fingerprint density at radius 2 is 1.68 bits per heavy atom. The van der Waals surface area contributed by atoms with E-state index in [0.717, 1.165) is 12.5 Å². The van der Waals surface area contributed by atoms with Crippen molar-refractivity contribution in [2.24, 2.45) is 0 Å². The van der Waals surface area contributed by atoms with Crippen molar-refractivity contribution < 1.29 is 27.8 Å². The Morgan fingerprint density at radius 1 is 1.08 bits per heavy atom. The van der Waals surface area contributed by atoms with Crippen LogP contribution in [0.2, 0.25) is 0 Å². The number of ketones is 1. The lowest BCUT2D eigenvalue weighted by Crippen LogP contribution is -2.13. The Kier molecular flexibility index (Phi) is 4.83. The lowest BCUT2D eigenvalue weighted by Gasteiger charge is -2.16. The third kappa shape index (κ3) is 4.03. The van der Waals surface area contributed by atoms with Crippen molar-refractivity contribution in [3.8, 4) is 11.5 Å². The number of halogens is 2. The first-order chi connectivity index (χ1) is 11.8. The van der Waals surface area contributed by atoms with E-state index >= 15 is 0 Å². The van der Waals surface area contributed by atoms with Crippen LogP contribution < -0.4 is 4.74 Å². The average molecular weight is 348 g/mol. The van der Waals surface area contributed by atoms with Crippen LogP contribution in [0.5, 0.6) is 11.5 Å². The van der Waals surface area contributed by atoms with Gasteiger partial charge in [-0.1, -0.05) is 12.1 Å². The minimum atomic E-state index is -3.14. The van der Waals surface area contributed by atoms with Gasteiger partial charge in [0.15, 0.2) is 12.1 Å². The predicted molar refractivity (Wildman–Crippen MR) is 87.2 cm³/mol. The molecule has 1 aliphatic rings. The molecule has 0 saturated carbocycles. The molecule has 2 aromatic rings. The van der Waals surface area contributed by atoms with Gasteiger partial charge in [0, 0.05) is 23.6 Å². The van der Waals surface area contributed by atoms with Crippen molar-refractivity contribution in [3.63, 3.8) is 0 Å². The summed E-state index contributed by atoms with van der Waals surface area (Å²) in [5.41, 5.74) is 0.505. The molecule has 1 heterocycles. The van der Waals surface area contributed by atoms with Crippen LogP contribution in [-0.2, 0) is 15.4 Å². The molecular weight excluding hydrogens is 330 g/mol. The highest BCUT2D eigenvalue weighted by Gasteiger charge is 2.29. The van der Waals surface area contributed by atoms with Gasteiger partial charge in [-0.25, -0.2) is 8.78 Å². The van der Waals surface area contributed by atoms with E-state index in [1.807, 2.05) is 0 Å². The van der Waals surface area contributed by atoms with Gasteiger partial charge in [-0.2, -0.15) is 0 Å². The summed E-state index contributed by atoms with van der Waals surface area (Å²) in [6, 6.07) is 11.1. The molecule has 1 aliphatic heterocycles. The first-order valence-corrected chi connectivity index (χ1v) is 7.89. The third-order valence-electron chi connectivity index (χ3n) is 3.85. The number of hydrogen-bond donors (Lipinski definition) is 0. The molecule has 25 heavy (non-hydrogen) atoms. The second-order valence-electron chi connectivity index (χ2n) is 5.90. The van der Waals surface area contributed by atoms with Gasteiger partial charge in [0.2, 0.25) is 0 Å². The molecule has 0 spiro atoms. The summed E-state index contributed by atoms with van der Waals surface area (Å²) < 4.78 is 44.0. The Labute approximate surface area is 144 Å². The maximum absolute atomic E-state index is 13.8. The monoisotopic (exact) mass is 348 g/mol. The van der Waals surface area contributed by atoms with E-state index in [1.165, 1.54) is 25.1 Å². The fraction of sp³-hybridized carbons (Fsp3) is 0.316. The van der Waals surface area contributed by atoms with E-state index in [4.69, 9.17) is 14.2 Å². The van der Waals surface area contributed by atoms with Crippen LogP contribution in [0.3, 0.4) is 0 Å². The molecule has 1 saturated heterocycles. The highest BCUT2D eigenvalue weighted by atomic mass is 19.3. The maximum atomic E-state index is 13.8. The minimum Gasteiger partial charge on any atom is -0.457 e. The summed E-state index contributed by atoms with van der Waals surface area (Å²) >= 11 is 0. The second kappa shape index (κ2) is 6.90. The summed E-state index contributed by atoms with van der Waals surface area (Å²) in [7, 11) is 0. The molecule has 3 rings (SSSR count).